The van der Waals surface area contributed by atoms with Gasteiger partial charge in [0.2, 0.25) is 0 Å². The van der Waals surface area contributed by atoms with Gasteiger partial charge in [0.1, 0.15) is 0 Å². The summed E-state index contributed by atoms with van der Waals surface area (Å²) in [4.78, 5) is 30.5. The molecule has 1 amide bonds. The lowest BCUT2D eigenvalue weighted by molar-refractivity contribution is -0.137. The predicted octanol–water partition coefficient (Wildman–Crippen LogP) is 5.10. The number of rotatable bonds is 4. The van der Waals surface area contributed by atoms with Crippen molar-refractivity contribution in [1.82, 2.24) is 20.0 Å². The number of hydrogen-bond acceptors (Lipinski definition) is 4. The van der Waals surface area contributed by atoms with Crippen LogP contribution in [0, 0.1) is 0 Å². The normalized spacial score (nSPS) is 14.6. The summed E-state index contributed by atoms with van der Waals surface area (Å²) in [5, 5.41) is 3.83. The van der Waals surface area contributed by atoms with Gasteiger partial charge in [0.05, 0.1) is 35.9 Å². The van der Waals surface area contributed by atoms with Crippen LogP contribution in [0.5, 0.6) is 0 Å². The molecule has 0 unspecified atom stereocenters. The highest BCUT2D eigenvalue weighted by atomic mass is 19.4. The van der Waals surface area contributed by atoms with Crippen molar-refractivity contribution in [2.24, 2.45) is 0 Å². The maximum Gasteiger partial charge on any atom is 0.416 e. The van der Waals surface area contributed by atoms with Crippen molar-refractivity contribution in [2.45, 2.75) is 32.2 Å². The summed E-state index contributed by atoms with van der Waals surface area (Å²) in [7, 11) is 0. The highest BCUT2D eigenvalue weighted by Gasteiger charge is 2.31. The summed E-state index contributed by atoms with van der Waals surface area (Å²) in [6, 6.07) is 13.8. The van der Waals surface area contributed by atoms with E-state index in [2.05, 4.69) is 10.3 Å². The van der Waals surface area contributed by atoms with Gasteiger partial charge in [-0.25, -0.2) is 0 Å². The molecule has 0 saturated heterocycles. The van der Waals surface area contributed by atoms with Crippen molar-refractivity contribution in [2.75, 3.05) is 0 Å². The number of alkyl halides is 3. The maximum atomic E-state index is 14.2. The number of pyridine rings is 2. The van der Waals surface area contributed by atoms with E-state index < -0.39 is 17.3 Å². The van der Waals surface area contributed by atoms with Gasteiger partial charge in [0.15, 0.2) is 0 Å². The summed E-state index contributed by atoms with van der Waals surface area (Å²) in [5.41, 5.74) is 0.831. The van der Waals surface area contributed by atoms with E-state index >= 15 is 0 Å². The molecule has 2 aromatic carbocycles. The zero-order valence-electron chi connectivity index (χ0n) is 19.0. The predicted molar refractivity (Wildman–Crippen MR) is 125 cm³/mol. The van der Waals surface area contributed by atoms with E-state index in [1.165, 1.54) is 22.8 Å². The van der Waals surface area contributed by atoms with Gasteiger partial charge >= 0.3 is 6.18 Å². The van der Waals surface area contributed by atoms with Crippen molar-refractivity contribution in [3.63, 3.8) is 0 Å². The largest absolute Gasteiger partial charge is 0.416 e. The lowest BCUT2D eigenvalue weighted by atomic mass is 10.0. The van der Waals surface area contributed by atoms with E-state index in [1.807, 2.05) is 6.07 Å². The van der Waals surface area contributed by atoms with Crippen LogP contribution >= 0.6 is 0 Å². The number of halogens is 4. The van der Waals surface area contributed by atoms with Crippen LogP contribution in [0.2, 0.25) is 0 Å². The number of amides is 1. The molecule has 1 N–H and O–H groups in total. The summed E-state index contributed by atoms with van der Waals surface area (Å²) >= 11 is 0. The van der Waals surface area contributed by atoms with Gasteiger partial charge in [-0.1, -0.05) is 6.07 Å². The highest BCUT2D eigenvalue weighted by Crippen LogP contribution is 2.32. The Labute approximate surface area is 202 Å². The van der Waals surface area contributed by atoms with Crippen molar-refractivity contribution in [3.05, 3.63) is 105 Å². The van der Waals surface area contributed by atoms with E-state index in [0.717, 1.165) is 12.1 Å². The summed E-state index contributed by atoms with van der Waals surface area (Å²) in [6.45, 7) is 1.41. The molecule has 0 fully saturated rings. The molecule has 4 aromatic rings. The molecule has 2 aromatic heterocycles. The van der Waals surface area contributed by atoms with Crippen LogP contribution < -0.4 is 10.9 Å². The van der Waals surface area contributed by atoms with E-state index in [4.69, 9.17) is 0 Å². The van der Waals surface area contributed by atoms with Crippen LogP contribution in [0.4, 0.5) is 17.7 Å². The number of nitrogens with one attached hydrogen (secondary N) is 1. The Balaban J connectivity index is 1.60. The van der Waals surface area contributed by atoms with Crippen LogP contribution in [0.3, 0.4) is 0 Å². The van der Waals surface area contributed by atoms with Gasteiger partial charge < -0.3 is 5.32 Å². The molecule has 0 aliphatic carbocycles. The molecule has 36 heavy (non-hydrogen) atoms. The van der Waals surface area contributed by atoms with Crippen molar-refractivity contribution in [1.29, 1.82) is 0 Å². The van der Waals surface area contributed by atoms with E-state index in [0.29, 0.717) is 32.8 Å². The van der Waals surface area contributed by atoms with Crippen molar-refractivity contribution < 1.29 is 22.4 Å². The monoisotopic (exact) mass is 496 g/mol. The number of nitrogens with zero attached hydrogens (tertiary/aromatic N) is 3. The molecule has 0 saturated carbocycles. The molecule has 3 heterocycles. The smallest absolute Gasteiger partial charge is 0.344 e. The summed E-state index contributed by atoms with van der Waals surface area (Å²) in [6.07, 6.45) is -2.90. The molecule has 0 spiro atoms. The van der Waals surface area contributed by atoms with E-state index in [1.54, 1.807) is 37.4 Å². The fourth-order valence-corrected chi connectivity index (χ4v) is 4.43. The standard InChI is InChI=1S/C26H20F4N4O2/c1-15(22-4-2-3-11-31-22)32-24(35)16-5-10-23-19(12-16)20-13-33(30)14-21(20)25(36)34(23)18-8-6-17(7-9-18)26(27,28)29/h2-12,15H,13-14H2,1H3,(H,32,35)/t15-/m0/s1. The van der Waals surface area contributed by atoms with Gasteiger partial charge in [-0.05, 0) is 67.1 Å². The number of benzene rings is 2. The number of hydrogen-bond donors (Lipinski definition) is 1. The first-order valence-corrected chi connectivity index (χ1v) is 11.1. The van der Waals surface area contributed by atoms with Gasteiger partial charge in [-0.2, -0.15) is 13.2 Å². The van der Waals surface area contributed by atoms with Gasteiger partial charge in [-0.3, -0.25) is 19.1 Å². The molecule has 1 aliphatic rings. The average Bonchev–Trinajstić information content (AvgIpc) is 3.26. The Morgan fingerprint density at radius 2 is 1.75 bits per heavy atom. The summed E-state index contributed by atoms with van der Waals surface area (Å²) < 4.78 is 54.6. The molecule has 184 valence electrons. The molecule has 6 nitrogen and oxygen atoms in total. The van der Waals surface area contributed by atoms with Crippen LogP contribution in [0.15, 0.2) is 71.7 Å². The molecule has 1 atom stereocenters. The summed E-state index contributed by atoms with van der Waals surface area (Å²) in [5.74, 6) is -0.383. The molecule has 10 heteroatoms. The fraction of sp³-hybridized carbons (Fsp3) is 0.192. The number of carbonyl (C=O) groups excluding carboxylic acids is 1. The lowest BCUT2D eigenvalue weighted by Crippen LogP contribution is -2.27. The van der Waals surface area contributed by atoms with Crippen LogP contribution in [-0.2, 0) is 19.3 Å². The van der Waals surface area contributed by atoms with E-state index in [9.17, 15) is 27.2 Å². The lowest BCUT2D eigenvalue weighted by Gasteiger charge is -2.17. The Kier molecular flexibility index (Phi) is 5.83. The van der Waals surface area contributed by atoms with E-state index in [-0.39, 0.29) is 36.3 Å². The Morgan fingerprint density at radius 1 is 1.03 bits per heavy atom. The number of fused-ring (bicyclic) bond motifs is 3. The highest BCUT2D eigenvalue weighted by molar-refractivity contribution is 5.99. The molecule has 1 aliphatic heterocycles. The first-order valence-electron chi connectivity index (χ1n) is 11.1. The van der Waals surface area contributed by atoms with Crippen LogP contribution in [-0.4, -0.2) is 20.6 Å². The Morgan fingerprint density at radius 3 is 2.42 bits per heavy atom. The quantitative estimate of drug-likeness (QED) is 0.316. The molecular formula is C26H20F4N4O2. The third kappa shape index (κ3) is 4.24. The molecule has 0 radical (unpaired) electrons. The number of carbonyl (C=O) groups is 1. The second-order valence-corrected chi connectivity index (χ2v) is 8.60. The third-order valence-corrected chi connectivity index (χ3v) is 6.24. The first kappa shape index (κ1) is 23.7. The average molecular weight is 496 g/mol. The number of aromatic nitrogens is 2. The molecular weight excluding hydrogens is 476 g/mol. The Bertz CT molecular complexity index is 1520. The van der Waals surface area contributed by atoms with Crippen molar-refractivity contribution in [3.8, 4) is 5.69 Å². The minimum Gasteiger partial charge on any atom is -0.344 e. The zero-order chi connectivity index (χ0) is 25.6. The van der Waals surface area contributed by atoms with Crippen LogP contribution in [0.1, 0.15) is 45.7 Å². The SMILES string of the molecule is C[C@H](NC(=O)c1ccc2c(c1)c1c(c(=O)n2-c2ccc(C(F)(F)F)cc2)CN(F)C1)c1ccccn1. The second-order valence-electron chi connectivity index (χ2n) is 8.60. The minimum atomic E-state index is -4.52. The Hall–Kier alpha value is -4.05. The second kappa shape index (κ2) is 8.87. The van der Waals surface area contributed by atoms with Gasteiger partial charge in [0, 0.05) is 28.4 Å². The van der Waals surface area contributed by atoms with Gasteiger partial charge in [-0.15, -0.1) is 9.60 Å². The molecule has 5 rings (SSSR count). The molecule has 0 bridgehead atoms. The zero-order valence-corrected chi connectivity index (χ0v) is 19.0. The fourth-order valence-electron chi connectivity index (χ4n) is 4.43. The van der Waals surface area contributed by atoms with Crippen molar-refractivity contribution >= 4 is 16.8 Å². The topological polar surface area (TPSA) is 67.2 Å². The first-order chi connectivity index (χ1) is 17.1. The van der Waals surface area contributed by atoms with Crippen LogP contribution in [0.25, 0.3) is 16.6 Å². The third-order valence-electron chi connectivity index (χ3n) is 6.24. The van der Waals surface area contributed by atoms with Gasteiger partial charge in [0.25, 0.3) is 11.5 Å². The maximum absolute atomic E-state index is 14.2. The minimum absolute atomic E-state index is 0.135.